The normalized spacial score (nSPS) is 10.6. The fourth-order valence-electron chi connectivity index (χ4n) is 1.74. The molecule has 0 aliphatic carbocycles. The van der Waals surface area contributed by atoms with Crippen LogP contribution in [-0.2, 0) is 6.42 Å². The largest absolute Gasteiger partial charge is 0.370 e. The van der Waals surface area contributed by atoms with Gasteiger partial charge in [-0.15, -0.1) is 11.3 Å². The fraction of sp³-hybridized carbons (Fsp3) is 0.429. The lowest BCUT2D eigenvalue weighted by atomic mass is 10.2. The standard InChI is InChI=1S/C14H19N3S/c1-3-6-11-10-13(15-8-4-2)17-14(16-11)12-7-5-9-18-12/h5,7,9-10H,3-4,6,8H2,1-2H3,(H,15,16,17). The van der Waals surface area contributed by atoms with Gasteiger partial charge in [-0.2, -0.15) is 0 Å². The summed E-state index contributed by atoms with van der Waals surface area (Å²) in [6.07, 6.45) is 3.21. The monoisotopic (exact) mass is 261 g/mol. The number of aryl methyl sites for hydroxylation is 1. The van der Waals surface area contributed by atoms with Gasteiger partial charge in [-0.25, -0.2) is 9.97 Å². The van der Waals surface area contributed by atoms with Gasteiger partial charge in [0.25, 0.3) is 0 Å². The van der Waals surface area contributed by atoms with Crippen molar-refractivity contribution in [2.75, 3.05) is 11.9 Å². The lowest BCUT2D eigenvalue weighted by Crippen LogP contribution is -2.05. The van der Waals surface area contributed by atoms with E-state index in [2.05, 4.69) is 46.6 Å². The van der Waals surface area contributed by atoms with Crippen molar-refractivity contribution in [2.24, 2.45) is 0 Å². The van der Waals surface area contributed by atoms with E-state index in [1.54, 1.807) is 11.3 Å². The summed E-state index contributed by atoms with van der Waals surface area (Å²) in [4.78, 5) is 10.3. The maximum Gasteiger partial charge on any atom is 0.171 e. The van der Waals surface area contributed by atoms with Gasteiger partial charge in [0.1, 0.15) is 5.82 Å². The van der Waals surface area contributed by atoms with Crippen LogP contribution in [-0.4, -0.2) is 16.5 Å². The van der Waals surface area contributed by atoms with Crippen LogP contribution in [0.1, 0.15) is 32.4 Å². The van der Waals surface area contributed by atoms with Gasteiger partial charge < -0.3 is 5.32 Å². The van der Waals surface area contributed by atoms with Crippen LogP contribution < -0.4 is 5.32 Å². The number of rotatable bonds is 6. The van der Waals surface area contributed by atoms with Crippen molar-refractivity contribution < 1.29 is 0 Å². The van der Waals surface area contributed by atoms with Gasteiger partial charge in [0.2, 0.25) is 0 Å². The van der Waals surface area contributed by atoms with Crippen LogP contribution in [0.2, 0.25) is 0 Å². The van der Waals surface area contributed by atoms with E-state index in [0.717, 1.165) is 48.0 Å². The van der Waals surface area contributed by atoms with Gasteiger partial charge in [0, 0.05) is 18.3 Å². The van der Waals surface area contributed by atoms with E-state index in [1.807, 2.05) is 6.07 Å². The lowest BCUT2D eigenvalue weighted by Gasteiger charge is -2.08. The Hall–Kier alpha value is -1.42. The molecule has 0 saturated heterocycles. The second-order valence-corrected chi connectivity index (χ2v) is 5.17. The molecule has 0 fully saturated rings. The molecule has 0 unspecified atom stereocenters. The Morgan fingerprint density at radius 2 is 2.11 bits per heavy atom. The van der Waals surface area contributed by atoms with Crippen LogP contribution in [0.25, 0.3) is 10.7 Å². The summed E-state index contributed by atoms with van der Waals surface area (Å²) in [6.45, 7) is 5.28. The van der Waals surface area contributed by atoms with Crippen molar-refractivity contribution in [2.45, 2.75) is 33.1 Å². The smallest absolute Gasteiger partial charge is 0.171 e. The quantitative estimate of drug-likeness (QED) is 0.854. The maximum atomic E-state index is 4.63. The molecule has 4 heteroatoms. The summed E-state index contributed by atoms with van der Waals surface area (Å²) in [5, 5.41) is 5.41. The SMILES string of the molecule is CCCNc1cc(CCC)nc(-c2cccs2)n1. The number of aromatic nitrogens is 2. The van der Waals surface area contributed by atoms with E-state index in [9.17, 15) is 0 Å². The zero-order chi connectivity index (χ0) is 12.8. The van der Waals surface area contributed by atoms with Crippen LogP contribution in [0.5, 0.6) is 0 Å². The second kappa shape index (κ2) is 6.50. The molecule has 0 bridgehead atoms. The highest BCUT2D eigenvalue weighted by Gasteiger charge is 2.07. The average molecular weight is 261 g/mol. The summed E-state index contributed by atoms with van der Waals surface area (Å²) < 4.78 is 0. The number of nitrogens with one attached hydrogen (secondary N) is 1. The van der Waals surface area contributed by atoms with Crippen molar-refractivity contribution in [3.05, 3.63) is 29.3 Å². The summed E-state index contributed by atoms with van der Waals surface area (Å²) in [6, 6.07) is 6.17. The minimum Gasteiger partial charge on any atom is -0.370 e. The predicted octanol–water partition coefficient (Wildman–Crippen LogP) is 3.98. The molecule has 2 rings (SSSR count). The van der Waals surface area contributed by atoms with Crippen molar-refractivity contribution >= 4 is 17.2 Å². The first-order chi connectivity index (χ1) is 8.83. The van der Waals surface area contributed by atoms with Crippen molar-refractivity contribution in [1.29, 1.82) is 0 Å². The Labute approximate surface area is 112 Å². The highest BCUT2D eigenvalue weighted by atomic mass is 32.1. The zero-order valence-corrected chi connectivity index (χ0v) is 11.8. The van der Waals surface area contributed by atoms with Crippen LogP contribution >= 0.6 is 11.3 Å². The maximum absolute atomic E-state index is 4.63. The molecule has 0 amide bonds. The molecule has 0 aliphatic rings. The van der Waals surface area contributed by atoms with Gasteiger partial charge in [-0.1, -0.05) is 26.3 Å². The molecule has 18 heavy (non-hydrogen) atoms. The van der Waals surface area contributed by atoms with Crippen molar-refractivity contribution in [3.8, 4) is 10.7 Å². The van der Waals surface area contributed by atoms with Crippen molar-refractivity contribution in [1.82, 2.24) is 9.97 Å². The Balaban J connectivity index is 2.30. The summed E-state index contributed by atoms with van der Waals surface area (Å²) in [7, 11) is 0. The molecule has 3 nitrogen and oxygen atoms in total. The molecule has 0 spiro atoms. The summed E-state index contributed by atoms with van der Waals surface area (Å²) in [5.41, 5.74) is 1.12. The molecular formula is C14H19N3S. The molecule has 0 radical (unpaired) electrons. The summed E-state index contributed by atoms with van der Waals surface area (Å²) >= 11 is 1.68. The van der Waals surface area contributed by atoms with E-state index in [4.69, 9.17) is 0 Å². The molecular weight excluding hydrogens is 242 g/mol. The van der Waals surface area contributed by atoms with Gasteiger partial charge in [-0.05, 0) is 24.3 Å². The molecule has 2 aromatic rings. The zero-order valence-electron chi connectivity index (χ0n) is 10.9. The van der Waals surface area contributed by atoms with Gasteiger partial charge in [-0.3, -0.25) is 0 Å². The molecule has 0 aliphatic heterocycles. The number of nitrogens with zero attached hydrogens (tertiary/aromatic N) is 2. The van der Waals surface area contributed by atoms with E-state index in [1.165, 1.54) is 0 Å². The molecule has 0 aromatic carbocycles. The average Bonchev–Trinajstić information content (AvgIpc) is 2.90. The van der Waals surface area contributed by atoms with E-state index in [0.29, 0.717) is 0 Å². The van der Waals surface area contributed by atoms with Crippen molar-refractivity contribution in [3.63, 3.8) is 0 Å². The summed E-state index contributed by atoms with van der Waals surface area (Å²) in [5.74, 6) is 1.79. The van der Waals surface area contributed by atoms with Gasteiger partial charge in [0.15, 0.2) is 5.82 Å². The first kappa shape index (κ1) is 13.0. The highest BCUT2D eigenvalue weighted by Crippen LogP contribution is 2.23. The lowest BCUT2D eigenvalue weighted by molar-refractivity contribution is 0.873. The number of thiophene rings is 1. The topological polar surface area (TPSA) is 37.8 Å². The van der Waals surface area contributed by atoms with E-state index in [-0.39, 0.29) is 0 Å². The molecule has 96 valence electrons. The minimum atomic E-state index is 0.842. The predicted molar refractivity (Wildman–Crippen MR) is 78.1 cm³/mol. The Morgan fingerprint density at radius 3 is 2.78 bits per heavy atom. The van der Waals surface area contributed by atoms with Crippen LogP contribution in [0.3, 0.4) is 0 Å². The first-order valence-electron chi connectivity index (χ1n) is 6.49. The third-order valence-corrected chi connectivity index (χ3v) is 3.45. The van der Waals surface area contributed by atoms with E-state index >= 15 is 0 Å². The number of hydrogen-bond donors (Lipinski definition) is 1. The third-order valence-electron chi connectivity index (χ3n) is 2.58. The molecule has 2 aromatic heterocycles. The minimum absolute atomic E-state index is 0.842. The Bertz CT molecular complexity index is 480. The number of hydrogen-bond acceptors (Lipinski definition) is 4. The van der Waals surface area contributed by atoms with Gasteiger partial charge >= 0.3 is 0 Å². The second-order valence-electron chi connectivity index (χ2n) is 4.22. The molecule has 1 N–H and O–H groups in total. The van der Waals surface area contributed by atoms with E-state index < -0.39 is 0 Å². The Morgan fingerprint density at radius 1 is 1.22 bits per heavy atom. The molecule has 2 heterocycles. The van der Waals surface area contributed by atoms with Gasteiger partial charge in [0.05, 0.1) is 4.88 Å². The third kappa shape index (κ3) is 3.29. The molecule has 0 saturated carbocycles. The highest BCUT2D eigenvalue weighted by molar-refractivity contribution is 7.13. The fourth-order valence-corrected chi connectivity index (χ4v) is 2.40. The van der Waals surface area contributed by atoms with Crippen LogP contribution in [0.4, 0.5) is 5.82 Å². The number of anilines is 1. The van der Waals surface area contributed by atoms with Crippen LogP contribution in [0.15, 0.2) is 23.6 Å². The van der Waals surface area contributed by atoms with Crippen LogP contribution in [0, 0.1) is 0 Å². The Kier molecular flexibility index (Phi) is 4.70. The molecule has 0 atom stereocenters. The first-order valence-corrected chi connectivity index (χ1v) is 7.37.